The quantitative estimate of drug-likeness (QED) is 0.227. The second kappa shape index (κ2) is 11.2. The number of ether oxygens (including phenoxy) is 1. The van der Waals surface area contributed by atoms with Gasteiger partial charge in [0.15, 0.2) is 17.0 Å². The summed E-state index contributed by atoms with van der Waals surface area (Å²) in [4.78, 5) is 33.0. The molecule has 3 aromatic heterocycles. The van der Waals surface area contributed by atoms with Gasteiger partial charge in [0.05, 0.1) is 46.2 Å². The number of nitrogens with two attached hydrogens (primary N) is 1. The van der Waals surface area contributed by atoms with E-state index in [0.717, 1.165) is 46.5 Å². The SMILES string of the molecule is CCCc1nc(-c2ccc(C(=O)OCC)cc2)c2ccccc2n1.Nc1ncnc2c1ncn2I. The first-order valence-electron chi connectivity index (χ1n) is 11.1. The van der Waals surface area contributed by atoms with E-state index in [1.165, 1.54) is 6.33 Å². The van der Waals surface area contributed by atoms with Gasteiger partial charge in [0.1, 0.15) is 18.5 Å². The Hall–Kier alpha value is -3.67. The zero-order valence-electron chi connectivity index (χ0n) is 19.3. The largest absolute Gasteiger partial charge is 0.462 e. The summed E-state index contributed by atoms with van der Waals surface area (Å²) in [5, 5.41) is 1.02. The molecular formula is C25H24IN7O2. The molecule has 0 aliphatic carbocycles. The summed E-state index contributed by atoms with van der Waals surface area (Å²) in [5.74, 6) is 0.967. The van der Waals surface area contributed by atoms with Crippen LogP contribution in [0.15, 0.2) is 61.2 Å². The van der Waals surface area contributed by atoms with Crippen LogP contribution in [0.1, 0.15) is 36.5 Å². The van der Waals surface area contributed by atoms with Crippen LogP contribution in [0.3, 0.4) is 0 Å². The van der Waals surface area contributed by atoms with Crippen molar-refractivity contribution in [2.75, 3.05) is 12.3 Å². The standard InChI is InChI=1S/C20H20N2O2.C5H4IN5/c1-3-7-18-21-17-9-6-5-8-16(17)19(22-18)14-10-12-15(13-11-14)20(23)24-4-2;6-11-2-10-3-4(7)8-1-9-5(3)11/h5-6,8-13H,3-4,7H2,1-2H3;1-2H,(H2,7,8,9). The van der Waals surface area contributed by atoms with Gasteiger partial charge in [0.25, 0.3) is 0 Å². The predicted octanol–water partition coefficient (Wildman–Crippen LogP) is 5.03. The molecular weight excluding hydrogens is 557 g/mol. The molecule has 2 N–H and O–H groups in total. The number of nitrogens with zero attached hydrogens (tertiary/aromatic N) is 6. The minimum Gasteiger partial charge on any atom is -0.462 e. The minimum atomic E-state index is -0.303. The molecule has 0 saturated carbocycles. The third-order valence-corrected chi connectivity index (χ3v) is 5.82. The summed E-state index contributed by atoms with van der Waals surface area (Å²) in [5.41, 5.74) is 10.3. The topological polar surface area (TPSA) is 122 Å². The van der Waals surface area contributed by atoms with Crippen LogP contribution < -0.4 is 5.73 Å². The Labute approximate surface area is 216 Å². The molecule has 0 fully saturated rings. The van der Waals surface area contributed by atoms with Gasteiger partial charge in [-0.3, -0.25) is 2.78 Å². The van der Waals surface area contributed by atoms with Gasteiger partial charge in [0.2, 0.25) is 0 Å². The second-order valence-corrected chi connectivity index (χ2v) is 8.58. The average molecular weight is 581 g/mol. The predicted molar refractivity (Wildman–Crippen MR) is 144 cm³/mol. The highest BCUT2D eigenvalue weighted by Crippen LogP contribution is 2.27. The van der Waals surface area contributed by atoms with Crippen molar-refractivity contribution in [3.63, 3.8) is 0 Å². The first kappa shape index (κ1) is 24.5. The Kier molecular flexibility index (Phi) is 7.80. The zero-order valence-corrected chi connectivity index (χ0v) is 21.5. The number of para-hydroxylation sites is 1. The van der Waals surface area contributed by atoms with Crippen LogP contribution in [-0.4, -0.2) is 40.3 Å². The van der Waals surface area contributed by atoms with E-state index in [1.54, 1.807) is 28.2 Å². The number of aryl methyl sites for hydroxylation is 1. The molecule has 5 rings (SSSR count). The number of halogens is 1. The van der Waals surface area contributed by atoms with Crippen LogP contribution in [0, 0.1) is 0 Å². The van der Waals surface area contributed by atoms with Crippen LogP contribution in [0.5, 0.6) is 0 Å². The number of imidazole rings is 1. The van der Waals surface area contributed by atoms with Gasteiger partial charge in [-0.2, -0.15) is 0 Å². The van der Waals surface area contributed by atoms with Crippen molar-refractivity contribution in [1.82, 2.24) is 27.7 Å². The van der Waals surface area contributed by atoms with E-state index in [9.17, 15) is 4.79 Å². The molecule has 0 radical (unpaired) electrons. The molecule has 178 valence electrons. The molecule has 9 nitrogen and oxygen atoms in total. The fourth-order valence-electron chi connectivity index (χ4n) is 3.48. The van der Waals surface area contributed by atoms with Gasteiger partial charge in [-0.15, -0.1) is 0 Å². The van der Waals surface area contributed by atoms with Gasteiger partial charge >= 0.3 is 5.97 Å². The Balaban J connectivity index is 0.000000218. The molecule has 0 amide bonds. The minimum absolute atomic E-state index is 0.303. The lowest BCUT2D eigenvalue weighted by atomic mass is 10.0. The van der Waals surface area contributed by atoms with Crippen LogP contribution in [0.25, 0.3) is 33.3 Å². The smallest absolute Gasteiger partial charge is 0.338 e. The Morgan fingerprint density at radius 2 is 1.80 bits per heavy atom. The number of benzene rings is 2. The van der Waals surface area contributed by atoms with Crippen molar-refractivity contribution in [1.29, 1.82) is 0 Å². The van der Waals surface area contributed by atoms with E-state index in [4.69, 9.17) is 15.5 Å². The van der Waals surface area contributed by atoms with E-state index in [2.05, 4.69) is 49.7 Å². The second-order valence-electron chi connectivity index (χ2n) is 7.54. The molecule has 0 spiro atoms. The normalized spacial score (nSPS) is 10.7. The lowest BCUT2D eigenvalue weighted by molar-refractivity contribution is 0.0526. The number of hydrogen-bond acceptors (Lipinski definition) is 8. The molecule has 0 bridgehead atoms. The van der Waals surface area contributed by atoms with Crippen molar-refractivity contribution >= 4 is 56.7 Å². The van der Waals surface area contributed by atoms with E-state index in [0.29, 0.717) is 23.5 Å². The molecule has 0 atom stereocenters. The lowest BCUT2D eigenvalue weighted by Gasteiger charge is -2.09. The summed E-state index contributed by atoms with van der Waals surface area (Å²) in [6.45, 7) is 4.29. The van der Waals surface area contributed by atoms with Crippen LogP contribution >= 0.6 is 22.9 Å². The van der Waals surface area contributed by atoms with Crippen LogP contribution in [-0.2, 0) is 11.2 Å². The number of rotatable bonds is 5. The molecule has 10 heteroatoms. The van der Waals surface area contributed by atoms with Gasteiger partial charge in [-0.25, -0.2) is 29.7 Å². The number of carbonyl (C=O) groups is 1. The van der Waals surface area contributed by atoms with Crippen molar-refractivity contribution < 1.29 is 9.53 Å². The summed E-state index contributed by atoms with van der Waals surface area (Å²) in [6.07, 6.45) is 4.92. The van der Waals surface area contributed by atoms with Crippen LogP contribution in [0.2, 0.25) is 0 Å². The maximum absolute atomic E-state index is 11.8. The number of esters is 1. The Morgan fingerprint density at radius 3 is 2.51 bits per heavy atom. The van der Waals surface area contributed by atoms with Gasteiger partial charge in [-0.05, 0) is 31.5 Å². The fraction of sp³-hybridized carbons (Fsp3) is 0.200. The lowest BCUT2D eigenvalue weighted by Crippen LogP contribution is -2.04. The Bertz CT molecular complexity index is 1470. The molecule has 35 heavy (non-hydrogen) atoms. The molecule has 0 saturated heterocycles. The number of aromatic nitrogens is 6. The zero-order chi connectivity index (χ0) is 24.8. The van der Waals surface area contributed by atoms with E-state index < -0.39 is 0 Å². The fourth-order valence-corrected chi connectivity index (χ4v) is 3.96. The van der Waals surface area contributed by atoms with Gasteiger partial charge in [0, 0.05) is 17.4 Å². The van der Waals surface area contributed by atoms with Gasteiger partial charge < -0.3 is 10.5 Å². The highest BCUT2D eigenvalue weighted by molar-refractivity contribution is 14.1. The number of nitrogen functional groups attached to an aromatic ring is 1. The van der Waals surface area contributed by atoms with E-state index in [-0.39, 0.29) is 5.97 Å². The monoisotopic (exact) mass is 581 g/mol. The molecule has 3 heterocycles. The maximum Gasteiger partial charge on any atom is 0.338 e. The number of carbonyl (C=O) groups excluding carboxylic acids is 1. The maximum atomic E-state index is 11.8. The molecule has 0 aliphatic rings. The summed E-state index contributed by atoms with van der Waals surface area (Å²) < 4.78 is 6.80. The van der Waals surface area contributed by atoms with Crippen molar-refractivity contribution in [3.8, 4) is 11.3 Å². The summed E-state index contributed by atoms with van der Waals surface area (Å²) >= 11 is 2.08. The number of anilines is 1. The molecule has 0 aliphatic heterocycles. The first-order chi connectivity index (χ1) is 17.0. The highest BCUT2D eigenvalue weighted by Gasteiger charge is 2.11. The van der Waals surface area contributed by atoms with Crippen LogP contribution in [0.4, 0.5) is 5.82 Å². The Morgan fingerprint density at radius 1 is 1.03 bits per heavy atom. The summed E-state index contributed by atoms with van der Waals surface area (Å²) in [7, 11) is 0. The molecule has 0 unspecified atom stereocenters. The van der Waals surface area contributed by atoms with Crippen molar-refractivity contribution in [2.24, 2.45) is 0 Å². The number of fused-ring (bicyclic) bond motifs is 2. The van der Waals surface area contributed by atoms with E-state index >= 15 is 0 Å². The molecule has 2 aromatic carbocycles. The van der Waals surface area contributed by atoms with E-state index in [1.807, 2.05) is 36.4 Å². The summed E-state index contributed by atoms with van der Waals surface area (Å²) in [6, 6.07) is 15.4. The van der Waals surface area contributed by atoms with Crippen molar-refractivity contribution in [2.45, 2.75) is 26.7 Å². The van der Waals surface area contributed by atoms with Crippen molar-refractivity contribution in [3.05, 3.63) is 72.6 Å². The molecule has 5 aromatic rings. The average Bonchev–Trinajstić information content (AvgIpc) is 3.26. The number of hydrogen-bond donors (Lipinski definition) is 1. The third-order valence-electron chi connectivity index (χ3n) is 5.11. The third kappa shape index (κ3) is 5.53. The first-order valence-corrected chi connectivity index (χ1v) is 12.1. The highest BCUT2D eigenvalue weighted by atomic mass is 127. The van der Waals surface area contributed by atoms with Gasteiger partial charge in [-0.1, -0.05) is 37.3 Å².